The van der Waals surface area contributed by atoms with Gasteiger partial charge in [-0.3, -0.25) is 0 Å². The van der Waals surface area contributed by atoms with Crippen molar-refractivity contribution in [2.75, 3.05) is 4.90 Å². The Balaban J connectivity index is 1.15. The molecule has 0 N–H and O–H groups in total. The third-order valence-corrected chi connectivity index (χ3v) is 12.9. The van der Waals surface area contributed by atoms with Crippen LogP contribution in [0.4, 0.5) is 17.1 Å². The van der Waals surface area contributed by atoms with Crippen molar-refractivity contribution >= 4 is 51.2 Å². The number of rotatable bonds is 3. The normalized spacial score (nSPS) is 14.8. The molecule has 8 aromatic carbocycles. The molecule has 0 bridgehead atoms. The molecule has 0 amide bonds. The van der Waals surface area contributed by atoms with Gasteiger partial charge in [0.15, 0.2) is 0 Å². The summed E-state index contributed by atoms with van der Waals surface area (Å²) < 4.78 is 6.35. The maximum atomic E-state index is 6.35. The van der Waals surface area contributed by atoms with Gasteiger partial charge >= 0.3 is 0 Å². The zero-order chi connectivity index (χ0) is 37.2. The minimum absolute atomic E-state index is 0.136. The monoisotopic (exact) mass is 715 g/mol. The molecule has 2 nitrogen and oxygen atoms in total. The fourth-order valence-corrected chi connectivity index (χ4v) is 10.4. The van der Waals surface area contributed by atoms with Gasteiger partial charge < -0.3 is 9.32 Å². The summed E-state index contributed by atoms with van der Waals surface area (Å²) in [6.45, 7) is 4.72. The van der Waals surface area contributed by atoms with Crippen LogP contribution < -0.4 is 4.90 Å². The van der Waals surface area contributed by atoms with E-state index in [1.807, 2.05) is 6.07 Å². The van der Waals surface area contributed by atoms with Gasteiger partial charge in [0.25, 0.3) is 0 Å². The Morgan fingerprint density at radius 1 is 0.375 bits per heavy atom. The van der Waals surface area contributed by atoms with E-state index in [0.717, 1.165) is 39.0 Å². The van der Waals surface area contributed by atoms with Crippen LogP contribution in [0, 0.1) is 0 Å². The van der Waals surface area contributed by atoms with Crippen molar-refractivity contribution in [1.29, 1.82) is 0 Å². The zero-order valence-corrected chi connectivity index (χ0v) is 31.3. The molecule has 56 heavy (non-hydrogen) atoms. The van der Waals surface area contributed by atoms with Crippen LogP contribution >= 0.6 is 0 Å². The van der Waals surface area contributed by atoms with E-state index in [1.54, 1.807) is 0 Å². The number of benzene rings is 8. The third kappa shape index (κ3) is 4.11. The number of furan rings is 1. The van der Waals surface area contributed by atoms with Crippen LogP contribution in [0.25, 0.3) is 56.3 Å². The molecule has 0 saturated heterocycles. The highest BCUT2D eigenvalue weighted by Crippen LogP contribution is 2.60. The van der Waals surface area contributed by atoms with Crippen molar-refractivity contribution in [1.82, 2.24) is 0 Å². The van der Waals surface area contributed by atoms with Gasteiger partial charge in [0.2, 0.25) is 0 Å². The summed E-state index contributed by atoms with van der Waals surface area (Å²) in [4.78, 5) is 2.46. The predicted octanol–water partition coefficient (Wildman–Crippen LogP) is 14.2. The molecule has 264 valence electrons. The van der Waals surface area contributed by atoms with Crippen LogP contribution in [0.3, 0.4) is 0 Å². The molecular weight excluding hydrogens is 679 g/mol. The summed E-state index contributed by atoms with van der Waals surface area (Å²) >= 11 is 0. The van der Waals surface area contributed by atoms with Crippen LogP contribution in [-0.4, -0.2) is 0 Å². The minimum Gasteiger partial charge on any atom is -0.456 e. The van der Waals surface area contributed by atoms with E-state index < -0.39 is 5.41 Å². The topological polar surface area (TPSA) is 16.4 Å². The van der Waals surface area contributed by atoms with E-state index in [0.29, 0.717) is 0 Å². The Hall–Kier alpha value is -6.90. The van der Waals surface area contributed by atoms with Crippen molar-refractivity contribution in [2.45, 2.75) is 24.7 Å². The molecule has 0 fully saturated rings. The van der Waals surface area contributed by atoms with E-state index in [4.69, 9.17) is 4.42 Å². The molecular formula is C54H37NO. The first-order valence-electron chi connectivity index (χ1n) is 19.6. The van der Waals surface area contributed by atoms with Gasteiger partial charge in [-0.25, -0.2) is 0 Å². The predicted molar refractivity (Wildman–Crippen MR) is 232 cm³/mol. The first-order valence-corrected chi connectivity index (χ1v) is 19.6. The molecule has 0 saturated carbocycles. The molecule has 0 atom stereocenters. The highest BCUT2D eigenvalue weighted by atomic mass is 16.3. The number of para-hydroxylation sites is 1. The summed E-state index contributed by atoms with van der Waals surface area (Å²) in [5, 5.41) is 2.23. The minimum atomic E-state index is -0.517. The first-order chi connectivity index (χ1) is 27.5. The lowest BCUT2D eigenvalue weighted by Crippen LogP contribution is -2.30. The van der Waals surface area contributed by atoms with Crippen molar-refractivity contribution < 1.29 is 4.42 Å². The SMILES string of the molecule is CC1(C)c2ccccc2-c2ccc(N(c3ccc4c(c3)C3(c5ccccc5C=Cc5ccccc53)c3ccccc3-4)c3ccc4oc5ccccc5c4c3)cc21. The van der Waals surface area contributed by atoms with Gasteiger partial charge in [-0.1, -0.05) is 153 Å². The molecule has 9 aromatic rings. The maximum absolute atomic E-state index is 6.35. The molecule has 1 heterocycles. The molecule has 3 aliphatic carbocycles. The average Bonchev–Trinajstić information content (AvgIpc) is 3.79. The summed E-state index contributed by atoms with van der Waals surface area (Å²) in [7, 11) is 0. The molecule has 1 aromatic heterocycles. The third-order valence-electron chi connectivity index (χ3n) is 12.9. The van der Waals surface area contributed by atoms with Gasteiger partial charge in [0.1, 0.15) is 11.2 Å². The summed E-state index contributed by atoms with van der Waals surface area (Å²) in [5.41, 5.74) is 20.1. The van der Waals surface area contributed by atoms with Crippen LogP contribution in [0.5, 0.6) is 0 Å². The van der Waals surface area contributed by atoms with Gasteiger partial charge in [-0.2, -0.15) is 0 Å². The molecule has 0 aliphatic heterocycles. The highest BCUT2D eigenvalue weighted by molar-refractivity contribution is 6.07. The smallest absolute Gasteiger partial charge is 0.135 e. The fourth-order valence-electron chi connectivity index (χ4n) is 10.4. The number of nitrogens with zero attached hydrogens (tertiary/aromatic N) is 1. The second-order valence-corrected chi connectivity index (χ2v) is 16.0. The van der Waals surface area contributed by atoms with E-state index in [2.05, 4.69) is 201 Å². The summed E-state index contributed by atoms with van der Waals surface area (Å²) in [6, 6.07) is 65.2. The largest absolute Gasteiger partial charge is 0.456 e. The van der Waals surface area contributed by atoms with E-state index in [-0.39, 0.29) is 5.41 Å². The van der Waals surface area contributed by atoms with Crippen molar-refractivity contribution in [3.05, 3.63) is 220 Å². The fraction of sp³-hybridized carbons (Fsp3) is 0.0741. The van der Waals surface area contributed by atoms with E-state index in [1.165, 1.54) is 66.8 Å². The molecule has 1 spiro atoms. The zero-order valence-electron chi connectivity index (χ0n) is 31.3. The van der Waals surface area contributed by atoms with Crippen LogP contribution in [0.1, 0.15) is 58.4 Å². The van der Waals surface area contributed by atoms with Crippen molar-refractivity contribution in [3.63, 3.8) is 0 Å². The van der Waals surface area contributed by atoms with E-state index in [9.17, 15) is 0 Å². The van der Waals surface area contributed by atoms with Gasteiger partial charge in [0, 0.05) is 33.2 Å². The lowest BCUT2D eigenvalue weighted by Gasteiger charge is -2.36. The second kappa shape index (κ2) is 11.3. The number of anilines is 3. The van der Waals surface area contributed by atoms with Crippen LogP contribution in [-0.2, 0) is 10.8 Å². The first kappa shape index (κ1) is 31.5. The Bertz CT molecular complexity index is 3090. The Kier molecular flexibility index (Phi) is 6.36. The summed E-state index contributed by atoms with van der Waals surface area (Å²) in [5.74, 6) is 0. The van der Waals surface area contributed by atoms with Crippen LogP contribution in [0.15, 0.2) is 180 Å². The molecule has 3 aliphatic rings. The van der Waals surface area contributed by atoms with Gasteiger partial charge in [-0.05, 0) is 115 Å². The Morgan fingerprint density at radius 2 is 0.857 bits per heavy atom. The summed E-state index contributed by atoms with van der Waals surface area (Å²) in [6.07, 6.45) is 4.60. The highest BCUT2D eigenvalue weighted by Gasteiger charge is 2.48. The number of hydrogen-bond acceptors (Lipinski definition) is 2. The molecule has 2 heteroatoms. The quantitative estimate of drug-likeness (QED) is 0.181. The van der Waals surface area contributed by atoms with Gasteiger partial charge in [-0.15, -0.1) is 0 Å². The molecule has 0 unspecified atom stereocenters. The molecule has 0 radical (unpaired) electrons. The maximum Gasteiger partial charge on any atom is 0.135 e. The lowest BCUT2D eigenvalue weighted by molar-refractivity contribution is 0.660. The lowest BCUT2D eigenvalue weighted by atomic mass is 9.66. The van der Waals surface area contributed by atoms with Crippen molar-refractivity contribution in [3.8, 4) is 22.3 Å². The Labute approximate surface area is 326 Å². The standard InChI is InChI=1S/C54H37NO/c1-53(2)47-20-10-5-15-39(47)41-28-25-37(32-49(41)53)55(36-27-30-52-44(31-36)43-17-7-12-22-51(43)56-52)38-26-29-42-40-16-6-11-21-48(40)54(50(42)33-38)45-18-8-3-13-34(45)23-24-35-14-4-9-19-46(35)54/h3-33H,1-2H3. The Morgan fingerprint density at radius 3 is 1.57 bits per heavy atom. The number of hydrogen-bond donors (Lipinski definition) is 0. The van der Waals surface area contributed by atoms with E-state index >= 15 is 0 Å². The molecule has 12 rings (SSSR count). The number of fused-ring (bicyclic) bond motifs is 15. The second-order valence-electron chi connectivity index (χ2n) is 16.0. The average molecular weight is 716 g/mol. The van der Waals surface area contributed by atoms with Crippen molar-refractivity contribution in [2.24, 2.45) is 0 Å². The van der Waals surface area contributed by atoms with Gasteiger partial charge in [0.05, 0.1) is 5.41 Å². The van der Waals surface area contributed by atoms with Crippen LogP contribution in [0.2, 0.25) is 0 Å².